The van der Waals surface area contributed by atoms with Gasteiger partial charge in [0.05, 0.1) is 15.7 Å². The van der Waals surface area contributed by atoms with E-state index in [1.165, 1.54) is 10.9 Å². The molecule has 2 nitrogen and oxygen atoms in total. The molecule has 1 N–H and O–H groups in total. The molecule has 1 heterocycles. The standard InChI is InChI=1S/C16H12Cl2N2/c17-14-2-1-3-15(18)16(14)20-9-11-4-5-13-10-19-7-6-12(13)8-11/h1-8,10,20H,9H2. The van der Waals surface area contributed by atoms with Gasteiger partial charge in [0.1, 0.15) is 0 Å². The van der Waals surface area contributed by atoms with Crippen LogP contribution < -0.4 is 5.32 Å². The Hall–Kier alpha value is -1.77. The Kier molecular flexibility index (Phi) is 3.77. The average Bonchev–Trinajstić information content (AvgIpc) is 2.46. The molecular formula is C16H12Cl2N2. The first kappa shape index (κ1) is 13.2. The molecule has 0 radical (unpaired) electrons. The highest BCUT2D eigenvalue weighted by Crippen LogP contribution is 2.30. The summed E-state index contributed by atoms with van der Waals surface area (Å²) < 4.78 is 0. The highest BCUT2D eigenvalue weighted by atomic mass is 35.5. The number of pyridine rings is 1. The van der Waals surface area contributed by atoms with Crippen LogP contribution in [0.1, 0.15) is 5.56 Å². The van der Waals surface area contributed by atoms with Gasteiger partial charge in [-0.15, -0.1) is 0 Å². The molecule has 0 atom stereocenters. The summed E-state index contributed by atoms with van der Waals surface area (Å²) >= 11 is 12.3. The highest BCUT2D eigenvalue weighted by Gasteiger charge is 2.04. The van der Waals surface area contributed by atoms with Crippen LogP contribution in [0.4, 0.5) is 5.69 Å². The van der Waals surface area contributed by atoms with Crippen molar-refractivity contribution in [2.24, 2.45) is 0 Å². The number of rotatable bonds is 3. The van der Waals surface area contributed by atoms with Crippen LogP contribution in [0, 0.1) is 0 Å². The largest absolute Gasteiger partial charge is 0.379 e. The number of anilines is 1. The van der Waals surface area contributed by atoms with Crippen molar-refractivity contribution in [3.8, 4) is 0 Å². The summed E-state index contributed by atoms with van der Waals surface area (Å²) in [5.41, 5.74) is 1.94. The monoisotopic (exact) mass is 302 g/mol. The first-order chi connectivity index (χ1) is 9.74. The van der Waals surface area contributed by atoms with Crippen LogP contribution >= 0.6 is 23.2 Å². The second-order valence-electron chi connectivity index (χ2n) is 4.51. The minimum absolute atomic E-state index is 0.627. The summed E-state index contributed by atoms with van der Waals surface area (Å²) in [5, 5.41) is 6.84. The Bertz CT molecular complexity index is 736. The second-order valence-corrected chi connectivity index (χ2v) is 5.32. The molecule has 2 aromatic carbocycles. The third kappa shape index (κ3) is 2.72. The fourth-order valence-corrected chi connectivity index (χ4v) is 2.63. The summed E-state index contributed by atoms with van der Waals surface area (Å²) in [6.45, 7) is 0.668. The van der Waals surface area contributed by atoms with E-state index in [0.717, 1.165) is 11.1 Å². The van der Waals surface area contributed by atoms with Crippen molar-refractivity contribution >= 4 is 39.7 Å². The maximum atomic E-state index is 6.14. The van der Waals surface area contributed by atoms with Gasteiger partial charge in [-0.05, 0) is 35.2 Å². The van der Waals surface area contributed by atoms with E-state index in [0.29, 0.717) is 16.6 Å². The third-order valence-electron chi connectivity index (χ3n) is 3.14. The van der Waals surface area contributed by atoms with Gasteiger partial charge in [-0.1, -0.05) is 41.4 Å². The lowest BCUT2D eigenvalue weighted by atomic mass is 10.1. The molecule has 0 aliphatic carbocycles. The van der Waals surface area contributed by atoms with Crippen LogP contribution in [0.25, 0.3) is 10.8 Å². The van der Waals surface area contributed by atoms with Gasteiger partial charge in [-0.3, -0.25) is 4.98 Å². The lowest BCUT2D eigenvalue weighted by molar-refractivity contribution is 1.15. The first-order valence-electron chi connectivity index (χ1n) is 6.24. The summed E-state index contributed by atoms with van der Waals surface area (Å²) in [6, 6.07) is 13.7. The Morgan fingerprint density at radius 3 is 2.55 bits per heavy atom. The van der Waals surface area contributed by atoms with Crippen LogP contribution in [0.2, 0.25) is 10.0 Å². The van der Waals surface area contributed by atoms with Crippen LogP contribution in [-0.2, 0) is 6.54 Å². The van der Waals surface area contributed by atoms with Crippen molar-refractivity contribution in [2.45, 2.75) is 6.54 Å². The predicted molar refractivity (Wildman–Crippen MR) is 85.5 cm³/mol. The second kappa shape index (κ2) is 5.70. The molecule has 0 unspecified atom stereocenters. The molecule has 3 rings (SSSR count). The fraction of sp³-hybridized carbons (Fsp3) is 0.0625. The summed E-state index contributed by atoms with van der Waals surface area (Å²) in [6.07, 6.45) is 3.65. The zero-order valence-corrected chi connectivity index (χ0v) is 12.1. The molecule has 0 amide bonds. The number of hydrogen-bond acceptors (Lipinski definition) is 2. The van der Waals surface area contributed by atoms with E-state index in [9.17, 15) is 0 Å². The SMILES string of the molecule is Clc1cccc(Cl)c1NCc1ccc2cnccc2c1. The van der Waals surface area contributed by atoms with Crippen molar-refractivity contribution in [3.63, 3.8) is 0 Å². The maximum absolute atomic E-state index is 6.14. The molecule has 0 aliphatic heterocycles. The molecule has 0 saturated heterocycles. The van der Waals surface area contributed by atoms with Gasteiger partial charge in [0.2, 0.25) is 0 Å². The minimum atomic E-state index is 0.627. The molecular weight excluding hydrogens is 291 g/mol. The van der Waals surface area contributed by atoms with E-state index in [1.807, 2.05) is 30.5 Å². The van der Waals surface area contributed by atoms with Crippen LogP contribution in [0.15, 0.2) is 54.9 Å². The minimum Gasteiger partial charge on any atom is -0.379 e. The molecule has 100 valence electrons. The van der Waals surface area contributed by atoms with E-state index in [-0.39, 0.29) is 0 Å². The Labute approximate surface area is 127 Å². The number of nitrogens with one attached hydrogen (secondary N) is 1. The smallest absolute Gasteiger partial charge is 0.0721 e. The molecule has 0 bridgehead atoms. The van der Waals surface area contributed by atoms with Gasteiger partial charge in [0.25, 0.3) is 0 Å². The number of halogens is 2. The summed E-state index contributed by atoms with van der Waals surface area (Å²) in [5.74, 6) is 0. The lowest BCUT2D eigenvalue weighted by Crippen LogP contribution is -2.00. The van der Waals surface area contributed by atoms with Gasteiger partial charge in [-0.2, -0.15) is 0 Å². The van der Waals surface area contributed by atoms with Gasteiger partial charge < -0.3 is 5.32 Å². The molecule has 0 saturated carbocycles. The van der Waals surface area contributed by atoms with Crippen molar-refractivity contribution in [2.75, 3.05) is 5.32 Å². The van der Waals surface area contributed by atoms with Crippen molar-refractivity contribution < 1.29 is 0 Å². The molecule has 1 aromatic heterocycles. The number of benzene rings is 2. The van der Waals surface area contributed by atoms with Crippen LogP contribution in [0.5, 0.6) is 0 Å². The van der Waals surface area contributed by atoms with Crippen LogP contribution in [0.3, 0.4) is 0 Å². The first-order valence-corrected chi connectivity index (χ1v) is 7.00. The zero-order chi connectivity index (χ0) is 13.9. The van der Waals surface area contributed by atoms with Gasteiger partial charge in [0, 0.05) is 24.3 Å². The third-order valence-corrected chi connectivity index (χ3v) is 3.77. The maximum Gasteiger partial charge on any atom is 0.0721 e. The quantitative estimate of drug-likeness (QED) is 0.723. The molecule has 20 heavy (non-hydrogen) atoms. The number of para-hydroxylation sites is 1. The van der Waals surface area contributed by atoms with E-state index in [2.05, 4.69) is 28.5 Å². The molecule has 3 aromatic rings. The van der Waals surface area contributed by atoms with E-state index < -0.39 is 0 Å². The zero-order valence-electron chi connectivity index (χ0n) is 10.6. The van der Waals surface area contributed by atoms with Crippen molar-refractivity contribution in [3.05, 3.63) is 70.5 Å². The van der Waals surface area contributed by atoms with Crippen molar-refractivity contribution in [1.82, 2.24) is 4.98 Å². The number of aromatic nitrogens is 1. The Morgan fingerprint density at radius 1 is 0.950 bits per heavy atom. The Morgan fingerprint density at radius 2 is 1.75 bits per heavy atom. The molecule has 0 fully saturated rings. The molecule has 0 aliphatic rings. The fourth-order valence-electron chi connectivity index (χ4n) is 2.10. The van der Waals surface area contributed by atoms with E-state index >= 15 is 0 Å². The highest BCUT2D eigenvalue weighted by molar-refractivity contribution is 6.39. The normalized spacial score (nSPS) is 10.7. The number of fused-ring (bicyclic) bond motifs is 1. The van der Waals surface area contributed by atoms with Crippen LogP contribution in [-0.4, -0.2) is 4.98 Å². The van der Waals surface area contributed by atoms with Gasteiger partial charge >= 0.3 is 0 Å². The van der Waals surface area contributed by atoms with E-state index in [4.69, 9.17) is 23.2 Å². The van der Waals surface area contributed by atoms with Gasteiger partial charge in [0.15, 0.2) is 0 Å². The van der Waals surface area contributed by atoms with Crippen molar-refractivity contribution in [1.29, 1.82) is 0 Å². The predicted octanol–water partition coefficient (Wildman–Crippen LogP) is 5.15. The summed E-state index contributed by atoms with van der Waals surface area (Å²) in [4.78, 5) is 4.11. The lowest BCUT2D eigenvalue weighted by Gasteiger charge is -2.10. The molecule has 4 heteroatoms. The molecule has 0 spiro atoms. The topological polar surface area (TPSA) is 24.9 Å². The Balaban J connectivity index is 1.83. The summed E-state index contributed by atoms with van der Waals surface area (Å²) in [7, 11) is 0. The number of nitrogens with zero attached hydrogens (tertiary/aromatic N) is 1. The van der Waals surface area contributed by atoms with E-state index in [1.54, 1.807) is 6.20 Å². The average molecular weight is 303 g/mol. The number of hydrogen-bond donors (Lipinski definition) is 1. The van der Waals surface area contributed by atoms with Gasteiger partial charge in [-0.25, -0.2) is 0 Å².